The van der Waals surface area contributed by atoms with E-state index in [0.29, 0.717) is 29.4 Å². The minimum absolute atomic E-state index is 0.0248. The SMILES string of the molecule is O=C1CN(c2c(O)ccc(C#CC3[C@H]4COC[C@@H]34)c2F)S(=O)(=O)N1. The summed E-state index contributed by atoms with van der Waals surface area (Å²) < 4.78 is 45.9. The van der Waals surface area contributed by atoms with Crippen LogP contribution in [0.15, 0.2) is 12.1 Å². The lowest BCUT2D eigenvalue weighted by Gasteiger charge is -2.17. The van der Waals surface area contributed by atoms with Crippen molar-refractivity contribution in [3.05, 3.63) is 23.5 Å². The number of nitrogens with zero attached hydrogens (tertiary/aromatic N) is 1. The quantitative estimate of drug-likeness (QED) is 0.692. The van der Waals surface area contributed by atoms with Crippen LogP contribution in [0.3, 0.4) is 0 Å². The summed E-state index contributed by atoms with van der Waals surface area (Å²) in [5, 5.41) is 9.87. The van der Waals surface area contributed by atoms with E-state index in [0.717, 1.165) is 6.07 Å². The first kappa shape index (κ1) is 15.2. The Balaban J connectivity index is 1.69. The molecular formula is C15H13FN2O5S. The van der Waals surface area contributed by atoms with E-state index in [1.807, 2.05) is 0 Å². The Morgan fingerprint density at radius 1 is 1.33 bits per heavy atom. The van der Waals surface area contributed by atoms with Gasteiger partial charge in [0.2, 0.25) is 0 Å². The first-order chi connectivity index (χ1) is 11.4. The Morgan fingerprint density at radius 2 is 2.04 bits per heavy atom. The molecule has 3 fully saturated rings. The third-order valence-corrected chi connectivity index (χ3v) is 5.87. The van der Waals surface area contributed by atoms with E-state index < -0.39 is 39.9 Å². The van der Waals surface area contributed by atoms with E-state index in [1.165, 1.54) is 6.07 Å². The van der Waals surface area contributed by atoms with Gasteiger partial charge >= 0.3 is 10.2 Å². The van der Waals surface area contributed by atoms with Crippen LogP contribution in [0.4, 0.5) is 10.1 Å². The summed E-state index contributed by atoms with van der Waals surface area (Å²) in [5.41, 5.74) is -0.595. The van der Waals surface area contributed by atoms with Crippen molar-refractivity contribution in [2.45, 2.75) is 0 Å². The zero-order valence-corrected chi connectivity index (χ0v) is 13.1. The van der Waals surface area contributed by atoms with Crippen LogP contribution in [0.1, 0.15) is 5.56 Å². The predicted octanol–water partition coefficient (Wildman–Crippen LogP) is -0.0438. The zero-order chi connectivity index (χ0) is 17.1. The van der Waals surface area contributed by atoms with Gasteiger partial charge in [0.25, 0.3) is 5.91 Å². The number of anilines is 1. The van der Waals surface area contributed by atoms with E-state index in [-0.39, 0.29) is 11.5 Å². The lowest BCUT2D eigenvalue weighted by atomic mass is 10.1. The third-order valence-electron chi connectivity index (χ3n) is 4.49. The molecule has 0 spiro atoms. The number of hydrogen-bond donors (Lipinski definition) is 2. The fraction of sp³-hybridized carbons (Fsp3) is 0.400. The number of nitrogens with one attached hydrogen (secondary N) is 1. The maximum absolute atomic E-state index is 14.7. The van der Waals surface area contributed by atoms with Gasteiger partial charge in [0.15, 0.2) is 5.82 Å². The number of amides is 1. The van der Waals surface area contributed by atoms with Gasteiger partial charge < -0.3 is 9.84 Å². The Bertz CT molecular complexity index is 894. The molecule has 1 aliphatic carbocycles. The number of hydrogen-bond acceptors (Lipinski definition) is 5. The second-order valence-corrected chi connectivity index (χ2v) is 7.59. The van der Waals surface area contributed by atoms with Crippen molar-refractivity contribution in [1.29, 1.82) is 0 Å². The van der Waals surface area contributed by atoms with Gasteiger partial charge in [-0.15, -0.1) is 0 Å². The lowest BCUT2D eigenvalue weighted by molar-refractivity contribution is -0.117. The van der Waals surface area contributed by atoms with E-state index in [2.05, 4.69) is 11.8 Å². The highest BCUT2D eigenvalue weighted by atomic mass is 32.2. The molecule has 9 heteroatoms. The molecule has 2 heterocycles. The molecule has 2 aliphatic heterocycles. The monoisotopic (exact) mass is 352 g/mol. The van der Waals surface area contributed by atoms with E-state index in [1.54, 1.807) is 4.72 Å². The van der Waals surface area contributed by atoms with Gasteiger partial charge in [-0.3, -0.25) is 4.79 Å². The predicted molar refractivity (Wildman–Crippen MR) is 80.6 cm³/mol. The second kappa shape index (κ2) is 5.09. The van der Waals surface area contributed by atoms with Crippen molar-refractivity contribution < 1.29 is 27.4 Å². The molecule has 1 unspecified atom stereocenters. The molecule has 4 rings (SSSR count). The smallest absolute Gasteiger partial charge is 0.326 e. The summed E-state index contributed by atoms with van der Waals surface area (Å²) in [6, 6.07) is 2.45. The van der Waals surface area contributed by atoms with Gasteiger partial charge in [0.1, 0.15) is 18.0 Å². The number of fused-ring (bicyclic) bond motifs is 1. The third kappa shape index (κ3) is 2.30. The number of carbonyl (C=O) groups excluding carboxylic acids is 1. The Kier molecular flexibility index (Phi) is 3.23. The molecule has 2 saturated heterocycles. The van der Waals surface area contributed by atoms with Crippen LogP contribution in [0.5, 0.6) is 5.75 Å². The normalized spacial score (nSPS) is 29.6. The molecule has 1 aromatic rings. The Morgan fingerprint density at radius 3 is 2.67 bits per heavy atom. The number of carbonyl (C=O) groups is 1. The number of phenols is 1. The fourth-order valence-corrected chi connectivity index (χ4v) is 4.31. The van der Waals surface area contributed by atoms with Gasteiger partial charge in [-0.2, -0.15) is 8.42 Å². The summed E-state index contributed by atoms with van der Waals surface area (Å²) in [6.07, 6.45) is 0. The Hall–Kier alpha value is -2.31. The van der Waals surface area contributed by atoms with E-state index >= 15 is 0 Å². The minimum Gasteiger partial charge on any atom is -0.506 e. The molecule has 24 heavy (non-hydrogen) atoms. The number of benzene rings is 1. The van der Waals surface area contributed by atoms with Gasteiger partial charge in [-0.25, -0.2) is 13.4 Å². The van der Waals surface area contributed by atoms with Crippen LogP contribution >= 0.6 is 0 Å². The standard InChI is InChI=1S/C15H13FN2O5S/c16-14-8(1-3-9-10-6-23-7-11(9)10)2-4-12(19)15(14)18-5-13(20)17-24(18,21)22/h2,4,9-11,19H,5-7H2,(H,17,20)/t9?,10-,11+. The van der Waals surface area contributed by atoms with Gasteiger partial charge in [-0.1, -0.05) is 11.8 Å². The largest absolute Gasteiger partial charge is 0.506 e. The maximum Gasteiger partial charge on any atom is 0.326 e. The molecule has 2 N–H and O–H groups in total. The van der Waals surface area contributed by atoms with Crippen molar-refractivity contribution in [1.82, 2.24) is 4.72 Å². The number of aromatic hydroxyl groups is 1. The van der Waals surface area contributed by atoms with E-state index in [4.69, 9.17) is 4.74 Å². The number of halogens is 1. The van der Waals surface area contributed by atoms with Gasteiger partial charge in [-0.05, 0) is 12.1 Å². The van der Waals surface area contributed by atoms with Crippen molar-refractivity contribution in [2.75, 3.05) is 24.1 Å². The minimum atomic E-state index is -4.21. The summed E-state index contributed by atoms with van der Waals surface area (Å²) >= 11 is 0. The van der Waals surface area contributed by atoms with Crippen molar-refractivity contribution in [3.63, 3.8) is 0 Å². The average molecular weight is 352 g/mol. The maximum atomic E-state index is 14.7. The molecule has 0 aromatic heterocycles. The summed E-state index contributed by atoms with van der Waals surface area (Å²) in [6.45, 7) is 0.730. The summed E-state index contributed by atoms with van der Waals surface area (Å²) in [7, 11) is -4.21. The number of ether oxygens (including phenoxy) is 1. The average Bonchev–Trinajstić information content (AvgIpc) is 2.83. The molecule has 1 aromatic carbocycles. The molecule has 0 radical (unpaired) electrons. The van der Waals surface area contributed by atoms with Crippen LogP contribution in [-0.4, -0.2) is 39.2 Å². The summed E-state index contributed by atoms with van der Waals surface area (Å²) in [4.78, 5) is 11.3. The molecule has 1 saturated carbocycles. The van der Waals surface area contributed by atoms with Crippen LogP contribution in [-0.2, 0) is 19.7 Å². The first-order valence-corrected chi connectivity index (χ1v) is 8.76. The van der Waals surface area contributed by atoms with Crippen molar-refractivity contribution in [3.8, 4) is 17.6 Å². The highest BCUT2D eigenvalue weighted by Crippen LogP contribution is 2.50. The highest BCUT2D eigenvalue weighted by Gasteiger charge is 2.53. The van der Waals surface area contributed by atoms with Crippen molar-refractivity contribution in [2.24, 2.45) is 17.8 Å². The van der Waals surface area contributed by atoms with Gasteiger partial charge in [0, 0.05) is 17.8 Å². The van der Waals surface area contributed by atoms with Crippen LogP contribution in [0.25, 0.3) is 0 Å². The molecule has 0 bridgehead atoms. The molecular weight excluding hydrogens is 339 g/mol. The molecule has 1 amide bonds. The van der Waals surface area contributed by atoms with Crippen LogP contribution < -0.4 is 9.03 Å². The van der Waals surface area contributed by atoms with Crippen LogP contribution in [0, 0.1) is 35.4 Å². The Labute approximate surface area is 137 Å². The highest BCUT2D eigenvalue weighted by molar-refractivity contribution is 7.92. The second-order valence-electron chi connectivity index (χ2n) is 5.99. The topological polar surface area (TPSA) is 95.9 Å². The number of phenolic OH excluding ortho intramolecular Hbond substituents is 1. The molecule has 7 nitrogen and oxygen atoms in total. The summed E-state index contributed by atoms with van der Waals surface area (Å²) in [5.74, 6) is 4.29. The molecule has 3 aliphatic rings. The van der Waals surface area contributed by atoms with Crippen LogP contribution in [0.2, 0.25) is 0 Å². The van der Waals surface area contributed by atoms with Gasteiger partial charge in [0.05, 0.1) is 18.8 Å². The van der Waals surface area contributed by atoms with Crippen molar-refractivity contribution >= 4 is 21.8 Å². The van der Waals surface area contributed by atoms with E-state index in [9.17, 15) is 22.7 Å². The zero-order valence-electron chi connectivity index (χ0n) is 12.3. The first-order valence-electron chi connectivity index (χ1n) is 7.32. The fourth-order valence-electron chi connectivity index (χ4n) is 3.15. The molecule has 126 valence electrons. The molecule has 3 atom stereocenters. The number of rotatable bonds is 1. The lowest BCUT2D eigenvalue weighted by Crippen LogP contribution is -2.30.